The van der Waals surface area contributed by atoms with E-state index in [2.05, 4.69) is 45.9 Å². The molecule has 0 aliphatic heterocycles. The summed E-state index contributed by atoms with van der Waals surface area (Å²) in [5, 5.41) is 9.43. The number of benzene rings is 2. The number of carboxylic acid groups (broad SMARTS) is 1. The van der Waals surface area contributed by atoms with Crippen LogP contribution in [0.1, 0.15) is 53.4 Å². The lowest BCUT2D eigenvalue weighted by atomic mass is 9.85. The fourth-order valence-electron chi connectivity index (χ4n) is 2.67. The molecule has 2 aromatic rings. The monoisotopic (exact) mass is 342 g/mol. The van der Waals surface area contributed by atoms with Gasteiger partial charge in [0, 0.05) is 0 Å². The number of methoxy groups -OCH3 is 1. The quantitative estimate of drug-likeness (QED) is 0.825. The molecular weight excluding hydrogens is 316 g/mol. The van der Waals surface area contributed by atoms with Gasteiger partial charge in [-0.2, -0.15) is 0 Å². The van der Waals surface area contributed by atoms with E-state index < -0.39 is 5.97 Å². The van der Waals surface area contributed by atoms with Crippen LogP contribution in [0.15, 0.2) is 36.4 Å². The molecule has 134 valence electrons. The minimum Gasteiger partial charge on any atom is -0.496 e. The van der Waals surface area contributed by atoms with E-state index in [1.807, 2.05) is 0 Å². The van der Waals surface area contributed by atoms with Crippen molar-refractivity contribution in [1.82, 2.24) is 0 Å². The second-order valence-corrected chi connectivity index (χ2v) is 7.18. The van der Waals surface area contributed by atoms with Crippen molar-refractivity contribution in [3.8, 4) is 5.75 Å². The van der Waals surface area contributed by atoms with E-state index in [4.69, 9.17) is 9.47 Å². The van der Waals surface area contributed by atoms with Gasteiger partial charge in [0.2, 0.25) is 0 Å². The summed E-state index contributed by atoms with van der Waals surface area (Å²) in [5.41, 5.74) is 4.38. The molecule has 0 spiro atoms. The smallest absolute Gasteiger partial charge is 0.339 e. The van der Waals surface area contributed by atoms with Crippen molar-refractivity contribution < 1.29 is 19.4 Å². The van der Waals surface area contributed by atoms with Gasteiger partial charge in [-0.3, -0.25) is 0 Å². The van der Waals surface area contributed by atoms with Crippen LogP contribution in [0.4, 0.5) is 0 Å². The van der Waals surface area contributed by atoms with Crippen molar-refractivity contribution in [2.45, 2.75) is 46.3 Å². The molecule has 4 nitrogen and oxygen atoms in total. The Kier molecular flexibility index (Phi) is 5.85. The summed E-state index contributed by atoms with van der Waals surface area (Å²) in [6, 6.07) is 11.6. The number of hydrogen-bond acceptors (Lipinski definition) is 3. The van der Waals surface area contributed by atoms with Gasteiger partial charge in [0.05, 0.1) is 20.3 Å². The lowest BCUT2D eigenvalue weighted by molar-refractivity contribution is 0.0680. The number of aromatic carboxylic acids is 1. The van der Waals surface area contributed by atoms with Crippen LogP contribution in [0.2, 0.25) is 0 Å². The van der Waals surface area contributed by atoms with Gasteiger partial charge in [-0.05, 0) is 40.7 Å². The molecule has 25 heavy (non-hydrogen) atoms. The molecule has 0 bridgehead atoms. The molecule has 0 radical (unpaired) electrons. The summed E-state index contributed by atoms with van der Waals surface area (Å²) in [5.74, 6) is -0.665. The fourth-order valence-corrected chi connectivity index (χ4v) is 2.67. The average molecular weight is 342 g/mol. The molecule has 2 aromatic carbocycles. The fraction of sp³-hybridized carbons (Fsp3) is 0.381. The third kappa shape index (κ3) is 4.60. The number of carbonyl (C=O) groups is 1. The van der Waals surface area contributed by atoms with E-state index in [0.717, 1.165) is 11.1 Å². The van der Waals surface area contributed by atoms with Gasteiger partial charge in [0.15, 0.2) is 0 Å². The molecular formula is C21H26O4. The van der Waals surface area contributed by atoms with Crippen molar-refractivity contribution in [3.05, 3.63) is 64.2 Å². The molecule has 2 rings (SSSR count). The van der Waals surface area contributed by atoms with Gasteiger partial charge in [0.1, 0.15) is 11.3 Å². The Morgan fingerprint density at radius 2 is 1.76 bits per heavy atom. The number of aryl methyl sites for hydroxylation is 1. The van der Waals surface area contributed by atoms with E-state index >= 15 is 0 Å². The van der Waals surface area contributed by atoms with Gasteiger partial charge in [-0.1, -0.05) is 51.1 Å². The molecule has 0 heterocycles. The van der Waals surface area contributed by atoms with Gasteiger partial charge < -0.3 is 14.6 Å². The van der Waals surface area contributed by atoms with Crippen LogP contribution in [-0.4, -0.2) is 18.2 Å². The predicted octanol–water partition coefficient (Wildman–Crippen LogP) is 4.72. The maximum atomic E-state index is 11.5. The Labute approximate surface area is 149 Å². The van der Waals surface area contributed by atoms with E-state index in [1.54, 1.807) is 18.2 Å². The first-order valence-corrected chi connectivity index (χ1v) is 8.31. The van der Waals surface area contributed by atoms with Gasteiger partial charge in [-0.15, -0.1) is 0 Å². The Morgan fingerprint density at radius 3 is 2.36 bits per heavy atom. The van der Waals surface area contributed by atoms with Crippen molar-refractivity contribution in [2.24, 2.45) is 0 Å². The summed E-state index contributed by atoms with van der Waals surface area (Å²) >= 11 is 0. The Balaban J connectivity index is 2.15. The molecule has 0 fully saturated rings. The zero-order valence-electron chi connectivity index (χ0n) is 15.6. The normalized spacial score (nSPS) is 11.4. The van der Waals surface area contributed by atoms with Gasteiger partial charge >= 0.3 is 5.97 Å². The van der Waals surface area contributed by atoms with Gasteiger partial charge in [0.25, 0.3) is 0 Å². The summed E-state index contributed by atoms with van der Waals surface area (Å²) in [6.45, 7) is 9.25. The topological polar surface area (TPSA) is 55.8 Å². The summed E-state index contributed by atoms with van der Waals surface area (Å²) in [7, 11) is 1.47. The largest absolute Gasteiger partial charge is 0.496 e. The molecule has 0 atom stereocenters. The van der Waals surface area contributed by atoms with Crippen LogP contribution < -0.4 is 4.74 Å². The highest BCUT2D eigenvalue weighted by atomic mass is 16.5. The van der Waals surface area contributed by atoms with Crippen molar-refractivity contribution in [3.63, 3.8) is 0 Å². The van der Waals surface area contributed by atoms with Crippen LogP contribution in [0.3, 0.4) is 0 Å². The zero-order valence-corrected chi connectivity index (χ0v) is 15.6. The Bertz CT molecular complexity index is 757. The van der Waals surface area contributed by atoms with E-state index in [0.29, 0.717) is 17.9 Å². The number of hydrogen-bond donors (Lipinski definition) is 1. The highest BCUT2D eigenvalue weighted by Gasteiger charge is 2.17. The van der Waals surface area contributed by atoms with Crippen LogP contribution in [-0.2, 0) is 23.4 Å². The van der Waals surface area contributed by atoms with E-state index in [9.17, 15) is 9.90 Å². The third-order valence-electron chi connectivity index (χ3n) is 4.28. The molecule has 1 N–H and O–H groups in total. The molecule has 4 heteroatoms. The molecule has 0 aliphatic rings. The Morgan fingerprint density at radius 1 is 1.08 bits per heavy atom. The van der Waals surface area contributed by atoms with Crippen molar-refractivity contribution in [2.75, 3.05) is 7.11 Å². The summed E-state index contributed by atoms with van der Waals surface area (Å²) < 4.78 is 11.0. The molecule has 0 saturated carbocycles. The minimum absolute atomic E-state index is 0.0751. The second kappa shape index (κ2) is 7.70. The molecule has 0 saturated heterocycles. The van der Waals surface area contributed by atoms with Crippen molar-refractivity contribution in [1.29, 1.82) is 0 Å². The first kappa shape index (κ1) is 19.0. The highest BCUT2D eigenvalue weighted by molar-refractivity contribution is 5.92. The first-order chi connectivity index (χ1) is 11.7. The minimum atomic E-state index is -1.01. The van der Waals surface area contributed by atoms with Crippen LogP contribution in [0, 0.1) is 6.92 Å². The number of rotatable bonds is 6. The summed E-state index contributed by atoms with van der Waals surface area (Å²) in [6.07, 6.45) is 0. The second-order valence-electron chi connectivity index (χ2n) is 7.18. The van der Waals surface area contributed by atoms with Crippen molar-refractivity contribution >= 4 is 5.97 Å². The maximum Gasteiger partial charge on any atom is 0.339 e. The average Bonchev–Trinajstić information content (AvgIpc) is 2.54. The van der Waals surface area contributed by atoms with E-state index in [1.165, 1.54) is 12.7 Å². The standard InChI is InChI=1S/C21H26O4/c1-14-9-10-17(21(2,3)4)11-16(14)13-25-12-15-7-6-8-18(24-5)19(15)20(22)23/h6-11H,12-13H2,1-5H3,(H,22,23). The summed E-state index contributed by atoms with van der Waals surface area (Å²) in [4.78, 5) is 11.5. The maximum absolute atomic E-state index is 11.5. The molecule has 0 aliphatic carbocycles. The lowest BCUT2D eigenvalue weighted by Gasteiger charge is -2.21. The molecule has 0 unspecified atom stereocenters. The SMILES string of the molecule is COc1cccc(COCc2cc(C(C)(C)C)ccc2C)c1C(=O)O. The number of ether oxygens (including phenoxy) is 2. The predicted molar refractivity (Wildman–Crippen MR) is 98.3 cm³/mol. The zero-order chi connectivity index (χ0) is 18.6. The van der Waals surface area contributed by atoms with Crippen LogP contribution in [0.5, 0.6) is 5.75 Å². The number of carboxylic acids is 1. The van der Waals surface area contributed by atoms with Gasteiger partial charge in [-0.25, -0.2) is 4.79 Å². The first-order valence-electron chi connectivity index (χ1n) is 8.31. The Hall–Kier alpha value is -2.33. The lowest BCUT2D eigenvalue weighted by Crippen LogP contribution is -2.12. The van der Waals surface area contributed by atoms with E-state index in [-0.39, 0.29) is 17.6 Å². The molecule has 0 amide bonds. The third-order valence-corrected chi connectivity index (χ3v) is 4.28. The highest BCUT2D eigenvalue weighted by Crippen LogP contribution is 2.26. The van der Waals surface area contributed by atoms with Crippen LogP contribution >= 0.6 is 0 Å². The van der Waals surface area contributed by atoms with Crippen LogP contribution in [0.25, 0.3) is 0 Å². The molecule has 0 aromatic heterocycles.